The third kappa shape index (κ3) is 45.9. The van der Waals surface area contributed by atoms with E-state index in [0.717, 1.165) is 50.5 Å². The molecule has 1 aromatic carbocycles. The number of hydrogen-bond donors (Lipinski definition) is 14. The molecule has 3 saturated heterocycles. The van der Waals surface area contributed by atoms with Gasteiger partial charge in [-0.1, -0.05) is 89.6 Å². The highest BCUT2D eigenvalue weighted by Gasteiger charge is 2.45. The highest BCUT2D eigenvalue weighted by Crippen LogP contribution is 2.31. The third-order valence-electron chi connectivity index (χ3n) is 19.6. The molecular weight excluding hydrogens is 1560 g/mol. The number of hydrogen-bond acceptors (Lipinski definition) is 33. The largest absolute Gasteiger partial charge is 0.445 e. The SMILES string of the molecule is CC1C(OCCOCCOCCNC(=O)CCOCC(COCCC(=O)NCCOCCOCCOC2OC(CO)C(O)C(O)C2C)(COCCC(=O)NCCOCCOCCOC2OC(CO)C(O)C(O)C2C)CC(=O)CCCCCCCCCCC(=O)NCCOC(C)(C)OCCNC(=O)OCc2ccccc2)OC(CO)C(O)C1O. The fraction of sp³-hybridized carbons (Fsp3) is 0.850. The van der Waals surface area contributed by atoms with Crippen molar-refractivity contribution < 1.29 is 160 Å². The van der Waals surface area contributed by atoms with E-state index in [4.69, 9.17) is 85.3 Å². The smallest absolute Gasteiger partial charge is 0.407 e. The number of amides is 5. The van der Waals surface area contributed by atoms with Crippen molar-refractivity contribution in [3.05, 3.63) is 35.9 Å². The van der Waals surface area contributed by atoms with E-state index in [-0.39, 0.29) is 246 Å². The standard InChI is InChI=1S/C80H141N5O33/c1-57-69(94)72(97)62(50-86)116-75(57)110-46-43-104-40-37-101-32-24-81-66(91)21-29-107-54-80(55-108-30-22-67(92)82-25-33-102-38-41-105-44-47-111-76-58(2)70(95)73(98)63(51-87)117-76,56-109-31-23-68(93)83-26-34-103-39-42-106-45-48-112-77-59(3)71(96)74(99)64(52-88)118-77)49-61(89)19-15-10-8-6-7-9-11-16-20-65(90)84-27-35-114-79(4,5)115-36-28-85-78(100)113-53-60-17-13-12-14-18-60/h12-14,17-18,57-59,62-64,69-77,86-88,94-99H,6-11,15-16,19-56H2,1-5H3,(H,81,91)(H,82,92)(H,83,93)(H,84,90)(H,85,100). The maximum atomic E-state index is 14.1. The Bertz CT molecular complexity index is 2590. The summed E-state index contributed by atoms with van der Waals surface area (Å²) in [5.74, 6) is -3.69. The minimum Gasteiger partial charge on any atom is -0.445 e. The highest BCUT2D eigenvalue weighted by molar-refractivity contribution is 5.79. The molecule has 3 heterocycles. The van der Waals surface area contributed by atoms with Crippen LogP contribution in [0.1, 0.15) is 130 Å². The number of unbranched alkanes of at least 4 members (excludes halogenated alkanes) is 7. The summed E-state index contributed by atoms with van der Waals surface area (Å²) in [4.78, 5) is 77.9. The zero-order valence-electron chi connectivity index (χ0n) is 69.9. The summed E-state index contributed by atoms with van der Waals surface area (Å²) in [6.07, 6.45) is -5.89. The number of benzene rings is 1. The van der Waals surface area contributed by atoms with Crippen molar-refractivity contribution in [1.82, 2.24) is 26.6 Å². The number of Topliss-reactive ketones (excluding diaryl/α,β-unsaturated/α-hetero) is 1. The number of aliphatic hydroxyl groups excluding tert-OH is 9. The Morgan fingerprint density at radius 2 is 0.678 bits per heavy atom. The van der Waals surface area contributed by atoms with Gasteiger partial charge in [0.25, 0.3) is 0 Å². The van der Waals surface area contributed by atoms with E-state index in [1.54, 1.807) is 34.6 Å². The average Bonchev–Trinajstić information content (AvgIpc) is 0.832. The monoisotopic (exact) mass is 1700 g/mol. The van der Waals surface area contributed by atoms with Gasteiger partial charge >= 0.3 is 6.09 Å². The lowest BCUT2D eigenvalue weighted by Gasteiger charge is -2.40. The normalized spacial score (nSPS) is 23.9. The van der Waals surface area contributed by atoms with Gasteiger partial charge in [-0.25, -0.2) is 4.79 Å². The second kappa shape index (κ2) is 63.9. The van der Waals surface area contributed by atoms with Crippen LogP contribution in [0.3, 0.4) is 0 Å². The van der Waals surface area contributed by atoms with E-state index in [1.165, 1.54) is 0 Å². The predicted octanol–water partition coefficient (Wildman–Crippen LogP) is -0.412. The fourth-order valence-electron chi connectivity index (χ4n) is 12.6. The van der Waals surface area contributed by atoms with Crippen molar-refractivity contribution in [3.8, 4) is 0 Å². The van der Waals surface area contributed by atoms with E-state index < -0.39 is 129 Å². The molecule has 3 aliphatic heterocycles. The number of carbonyl (C=O) groups excluding carboxylic acids is 6. The maximum absolute atomic E-state index is 14.1. The Morgan fingerprint density at radius 3 is 1.04 bits per heavy atom. The van der Waals surface area contributed by atoms with Gasteiger partial charge in [0.1, 0.15) is 49.0 Å². The molecule has 0 spiro atoms. The first-order chi connectivity index (χ1) is 56.9. The van der Waals surface area contributed by atoms with Crippen molar-refractivity contribution in [1.29, 1.82) is 0 Å². The molecule has 0 bridgehead atoms. The molecule has 0 aromatic heterocycles. The van der Waals surface area contributed by atoms with Gasteiger partial charge in [-0.2, -0.15) is 0 Å². The molecule has 38 nitrogen and oxygen atoms in total. The Hall–Kier alpha value is -5.00. The first kappa shape index (κ1) is 105. The van der Waals surface area contributed by atoms with Crippen LogP contribution in [0.4, 0.5) is 4.79 Å². The molecule has 14 N–H and O–H groups in total. The van der Waals surface area contributed by atoms with Gasteiger partial charge in [0.15, 0.2) is 24.7 Å². The molecule has 0 radical (unpaired) electrons. The minimum absolute atomic E-state index is 0.0451. The second-order valence-corrected chi connectivity index (χ2v) is 29.9. The zero-order chi connectivity index (χ0) is 86.0. The first-order valence-corrected chi connectivity index (χ1v) is 41.7. The number of carbonyl (C=O) groups is 6. The number of aliphatic hydroxyl groups is 9. The Kier molecular flexibility index (Phi) is 57.0. The Balaban J connectivity index is 1.23. The van der Waals surface area contributed by atoms with E-state index in [9.17, 15) is 74.7 Å². The molecule has 5 amide bonds. The van der Waals surface area contributed by atoms with Crippen molar-refractivity contribution in [2.24, 2.45) is 23.2 Å². The lowest BCUT2D eigenvalue weighted by Crippen LogP contribution is -2.55. The molecule has 3 fully saturated rings. The van der Waals surface area contributed by atoms with Gasteiger partial charge in [0, 0.05) is 94.4 Å². The number of ether oxygens (including phenoxy) is 18. The summed E-state index contributed by atoms with van der Waals surface area (Å²) < 4.78 is 103. The predicted molar refractivity (Wildman–Crippen MR) is 421 cm³/mol. The average molecular weight is 1700 g/mol. The number of alkyl carbamates (subject to hydrolysis) is 1. The highest BCUT2D eigenvalue weighted by atomic mass is 16.7. The van der Waals surface area contributed by atoms with Crippen LogP contribution in [0.25, 0.3) is 0 Å². The van der Waals surface area contributed by atoms with Gasteiger partial charge in [-0.05, 0) is 32.3 Å². The quantitative estimate of drug-likeness (QED) is 0.0291. The van der Waals surface area contributed by atoms with Crippen LogP contribution in [-0.2, 0) is 116 Å². The van der Waals surface area contributed by atoms with Crippen LogP contribution in [0.5, 0.6) is 0 Å². The van der Waals surface area contributed by atoms with Crippen LogP contribution in [0.15, 0.2) is 30.3 Å². The van der Waals surface area contributed by atoms with E-state index in [1.807, 2.05) is 30.3 Å². The Morgan fingerprint density at radius 1 is 0.364 bits per heavy atom. The molecule has 15 atom stereocenters. The van der Waals surface area contributed by atoms with Crippen LogP contribution in [-0.4, -0.2) is 366 Å². The van der Waals surface area contributed by atoms with E-state index in [0.29, 0.717) is 19.4 Å². The van der Waals surface area contributed by atoms with Gasteiger partial charge in [-0.15, -0.1) is 0 Å². The summed E-state index contributed by atoms with van der Waals surface area (Å²) in [5, 5.41) is 104. The molecule has 4 rings (SSSR count). The molecular formula is C80H141N5O33. The summed E-state index contributed by atoms with van der Waals surface area (Å²) in [5.41, 5.74) is -0.250. The summed E-state index contributed by atoms with van der Waals surface area (Å²) in [6, 6.07) is 9.35. The molecule has 0 saturated carbocycles. The second-order valence-electron chi connectivity index (χ2n) is 29.9. The molecule has 15 unspecified atom stereocenters. The summed E-state index contributed by atoms with van der Waals surface area (Å²) in [6.45, 7) is 11.1. The topological polar surface area (TPSA) is 511 Å². The van der Waals surface area contributed by atoms with E-state index >= 15 is 0 Å². The molecule has 684 valence electrons. The maximum Gasteiger partial charge on any atom is 0.407 e. The lowest BCUT2D eigenvalue weighted by atomic mass is 9.84. The van der Waals surface area contributed by atoms with Crippen LogP contribution in [0.2, 0.25) is 0 Å². The molecule has 3 aliphatic rings. The van der Waals surface area contributed by atoms with Crippen molar-refractivity contribution in [2.45, 2.75) is 211 Å². The first-order valence-electron chi connectivity index (χ1n) is 41.7. The fourth-order valence-corrected chi connectivity index (χ4v) is 12.6. The molecule has 38 heteroatoms. The number of nitrogens with one attached hydrogen (secondary N) is 5. The van der Waals surface area contributed by atoms with E-state index in [2.05, 4.69) is 26.6 Å². The van der Waals surface area contributed by atoms with Crippen molar-refractivity contribution in [2.75, 3.05) is 205 Å². The van der Waals surface area contributed by atoms with Crippen LogP contribution >= 0.6 is 0 Å². The van der Waals surface area contributed by atoms with Gasteiger partial charge in [0.05, 0.1) is 190 Å². The summed E-state index contributed by atoms with van der Waals surface area (Å²) >= 11 is 0. The zero-order valence-corrected chi connectivity index (χ0v) is 69.9. The van der Waals surface area contributed by atoms with Crippen molar-refractivity contribution in [3.63, 3.8) is 0 Å². The Labute approximate surface area is 693 Å². The third-order valence-corrected chi connectivity index (χ3v) is 19.6. The lowest BCUT2D eigenvalue weighted by molar-refractivity contribution is -0.284. The van der Waals surface area contributed by atoms with Gasteiger partial charge in [0.2, 0.25) is 23.6 Å². The minimum atomic E-state index is -1.24. The number of rotatable bonds is 71. The van der Waals surface area contributed by atoms with Gasteiger partial charge < -0.3 is 158 Å². The van der Waals surface area contributed by atoms with Gasteiger partial charge in [-0.3, -0.25) is 24.0 Å². The number of ketones is 1. The molecule has 1 aromatic rings. The molecule has 118 heavy (non-hydrogen) atoms. The van der Waals surface area contributed by atoms with Crippen LogP contribution in [0, 0.1) is 23.2 Å². The van der Waals surface area contributed by atoms with Crippen LogP contribution < -0.4 is 26.6 Å². The van der Waals surface area contributed by atoms with Crippen molar-refractivity contribution >= 4 is 35.5 Å². The molecule has 0 aliphatic carbocycles. The summed E-state index contributed by atoms with van der Waals surface area (Å²) in [7, 11) is 0.